The first-order chi connectivity index (χ1) is 12.2. The Labute approximate surface area is 152 Å². The summed E-state index contributed by atoms with van der Waals surface area (Å²) in [5.74, 6) is 0.752. The van der Waals surface area contributed by atoms with Crippen molar-refractivity contribution in [2.45, 2.75) is 6.54 Å². The summed E-state index contributed by atoms with van der Waals surface area (Å²) in [6, 6.07) is 11.2. The molecule has 0 radical (unpaired) electrons. The van der Waals surface area contributed by atoms with E-state index in [9.17, 15) is 4.79 Å². The maximum Gasteiger partial charge on any atom is 0.244 e. The van der Waals surface area contributed by atoms with Gasteiger partial charge < -0.3 is 15.0 Å². The minimum absolute atomic E-state index is 0.156. The van der Waals surface area contributed by atoms with Crippen molar-refractivity contribution in [3.63, 3.8) is 0 Å². The molecule has 1 aromatic heterocycles. The van der Waals surface area contributed by atoms with Crippen molar-refractivity contribution in [3.05, 3.63) is 64.8 Å². The van der Waals surface area contributed by atoms with E-state index in [1.807, 2.05) is 30.3 Å². The first-order valence-electron chi connectivity index (χ1n) is 8.20. The average molecular weight is 358 g/mol. The lowest BCUT2D eigenvalue weighted by atomic mass is 10.2. The van der Waals surface area contributed by atoms with Gasteiger partial charge in [0.15, 0.2) is 0 Å². The SMILES string of the molecule is O=C(C=Cc1cccc(Cl)c1)NCc1cccnc1N1CCOCC1. The number of morpholine rings is 1. The Bertz CT molecular complexity index is 758. The monoisotopic (exact) mass is 357 g/mol. The molecule has 3 rings (SSSR count). The number of hydrogen-bond donors (Lipinski definition) is 1. The van der Waals surface area contributed by atoms with Gasteiger partial charge in [-0.2, -0.15) is 0 Å². The Morgan fingerprint density at radius 2 is 2.12 bits per heavy atom. The molecule has 0 saturated carbocycles. The normalized spacial score (nSPS) is 14.7. The number of anilines is 1. The topological polar surface area (TPSA) is 54.5 Å². The second-order valence-corrected chi connectivity index (χ2v) is 6.13. The largest absolute Gasteiger partial charge is 0.378 e. The van der Waals surface area contributed by atoms with Crippen molar-refractivity contribution in [3.8, 4) is 0 Å². The van der Waals surface area contributed by atoms with Gasteiger partial charge in [0, 0.05) is 42.5 Å². The lowest BCUT2D eigenvalue weighted by Gasteiger charge is -2.29. The van der Waals surface area contributed by atoms with Gasteiger partial charge in [-0.1, -0.05) is 29.8 Å². The number of benzene rings is 1. The van der Waals surface area contributed by atoms with Crippen LogP contribution in [-0.4, -0.2) is 37.2 Å². The highest BCUT2D eigenvalue weighted by Gasteiger charge is 2.15. The van der Waals surface area contributed by atoms with Gasteiger partial charge in [-0.05, 0) is 29.8 Å². The zero-order valence-electron chi connectivity index (χ0n) is 13.8. The lowest BCUT2D eigenvalue weighted by Crippen LogP contribution is -2.37. The highest BCUT2D eigenvalue weighted by atomic mass is 35.5. The highest BCUT2D eigenvalue weighted by molar-refractivity contribution is 6.30. The summed E-state index contributed by atoms with van der Waals surface area (Å²) in [7, 11) is 0. The van der Waals surface area contributed by atoms with Crippen molar-refractivity contribution in [2.75, 3.05) is 31.2 Å². The third kappa shape index (κ3) is 5.05. The van der Waals surface area contributed by atoms with E-state index in [2.05, 4.69) is 15.2 Å². The molecule has 0 aliphatic carbocycles. The van der Waals surface area contributed by atoms with Crippen molar-refractivity contribution in [1.82, 2.24) is 10.3 Å². The van der Waals surface area contributed by atoms with Gasteiger partial charge in [0.25, 0.3) is 0 Å². The minimum atomic E-state index is -0.156. The minimum Gasteiger partial charge on any atom is -0.378 e. The maximum absolute atomic E-state index is 12.1. The molecule has 25 heavy (non-hydrogen) atoms. The molecule has 1 aliphatic heterocycles. The van der Waals surface area contributed by atoms with E-state index in [4.69, 9.17) is 16.3 Å². The standard InChI is InChI=1S/C19H20ClN3O2/c20-17-5-1-3-15(13-17)6-7-18(24)22-14-16-4-2-8-21-19(16)23-9-11-25-12-10-23/h1-8,13H,9-12,14H2,(H,22,24). The zero-order chi connectivity index (χ0) is 17.5. The molecule has 1 N–H and O–H groups in total. The predicted molar refractivity (Wildman–Crippen MR) is 99.6 cm³/mol. The van der Waals surface area contributed by atoms with E-state index in [0.29, 0.717) is 24.8 Å². The Balaban J connectivity index is 1.60. The fraction of sp³-hybridized carbons (Fsp3) is 0.263. The molecule has 1 aromatic carbocycles. The summed E-state index contributed by atoms with van der Waals surface area (Å²) >= 11 is 5.94. The quantitative estimate of drug-likeness (QED) is 0.836. The Morgan fingerprint density at radius 1 is 1.28 bits per heavy atom. The molecule has 6 heteroatoms. The number of carbonyl (C=O) groups is 1. The van der Waals surface area contributed by atoms with Gasteiger partial charge in [-0.25, -0.2) is 4.98 Å². The van der Waals surface area contributed by atoms with Crippen molar-refractivity contribution >= 4 is 29.4 Å². The van der Waals surface area contributed by atoms with E-state index in [-0.39, 0.29) is 5.91 Å². The molecule has 5 nitrogen and oxygen atoms in total. The number of pyridine rings is 1. The van der Waals surface area contributed by atoms with Crippen LogP contribution in [0, 0.1) is 0 Å². The van der Waals surface area contributed by atoms with Crippen LogP contribution in [0.5, 0.6) is 0 Å². The van der Waals surface area contributed by atoms with Crippen molar-refractivity contribution in [2.24, 2.45) is 0 Å². The van der Waals surface area contributed by atoms with Crippen molar-refractivity contribution in [1.29, 1.82) is 0 Å². The summed E-state index contributed by atoms with van der Waals surface area (Å²) in [5.41, 5.74) is 1.88. The molecule has 1 fully saturated rings. The molecule has 130 valence electrons. The summed E-state index contributed by atoms with van der Waals surface area (Å²) in [4.78, 5) is 18.7. The smallest absolute Gasteiger partial charge is 0.244 e. The van der Waals surface area contributed by atoms with Crippen LogP contribution in [0.1, 0.15) is 11.1 Å². The maximum atomic E-state index is 12.1. The first-order valence-corrected chi connectivity index (χ1v) is 8.58. The Hall–Kier alpha value is -2.37. The van der Waals surface area contributed by atoms with Gasteiger partial charge in [0.1, 0.15) is 5.82 Å². The summed E-state index contributed by atoms with van der Waals surface area (Å²) < 4.78 is 5.38. The number of nitrogens with zero attached hydrogens (tertiary/aromatic N) is 2. The van der Waals surface area contributed by atoms with Crippen LogP contribution in [0.3, 0.4) is 0 Å². The molecule has 1 amide bonds. The zero-order valence-corrected chi connectivity index (χ0v) is 14.6. The molecule has 0 unspecified atom stereocenters. The second kappa shape index (κ2) is 8.65. The number of rotatable bonds is 5. The molecular formula is C19H20ClN3O2. The van der Waals surface area contributed by atoms with Gasteiger partial charge in [0.2, 0.25) is 5.91 Å². The number of carbonyl (C=O) groups excluding carboxylic acids is 1. The van der Waals surface area contributed by atoms with Gasteiger partial charge in [0.05, 0.1) is 13.2 Å². The number of nitrogens with one attached hydrogen (secondary N) is 1. The third-order valence-electron chi connectivity index (χ3n) is 3.91. The van der Waals surface area contributed by atoms with E-state index in [0.717, 1.165) is 30.0 Å². The average Bonchev–Trinajstić information content (AvgIpc) is 2.66. The van der Waals surface area contributed by atoms with Crippen molar-refractivity contribution < 1.29 is 9.53 Å². The van der Waals surface area contributed by atoms with Crippen LogP contribution < -0.4 is 10.2 Å². The van der Waals surface area contributed by atoms with Crippen LogP contribution >= 0.6 is 11.6 Å². The van der Waals surface area contributed by atoms with Crippen LogP contribution in [0.4, 0.5) is 5.82 Å². The molecule has 1 aliphatic rings. The first kappa shape index (κ1) is 17.5. The molecule has 0 spiro atoms. The Kier molecular flexibility index (Phi) is 6.04. The van der Waals surface area contributed by atoms with Crippen LogP contribution in [-0.2, 0) is 16.1 Å². The molecule has 2 heterocycles. The van der Waals surface area contributed by atoms with Gasteiger partial charge >= 0.3 is 0 Å². The number of ether oxygens (including phenoxy) is 1. The fourth-order valence-corrected chi connectivity index (χ4v) is 2.85. The van der Waals surface area contributed by atoms with E-state index < -0.39 is 0 Å². The molecule has 0 bridgehead atoms. The van der Waals surface area contributed by atoms with Gasteiger partial charge in [-0.3, -0.25) is 4.79 Å². The molecule has 1 saturated heterocycles. The summed E-state index contributed by atoms with van der Waals surface area (Å²) in [6.45, 7) is 3.45. The van der Waals surface area contributed by atoms with Crippen LogP contribution in [0.2, 0.25) is 5.02 Å². The van der Waals surface area contributed by atoms with E-state index in [1.54, 1.807) is 18.3 Å². The number of amides is 1. The highest BCUT2D eigenvalue weighted by Crippen LogP contribution is 2.18. The number of halogens is 1. The summed E-state index contributed by atoms with van der Waals surface area (Å²) in [6.07, 6.45) is 5.03. The van der Waals surface area contributed by atoms with Crippen LogP contribution in [0.15, 0.2) is 48.7 Å². The van der Waals surface area contributed by atoms with E-state index >= 15 is 0 Å². The molecular weight excluding hydrogens is 338 g/mol. The molecule has 0 atom stereocenters. The Morgan fingerprint density at radius 3 is 2.92 bits per heavy atom. The second-order valence-electron chi connectivity index (χ2n) is 5.69. The number of aromatic nitrogens is 1. The fourth-order valence-electron chi connectivity index (χ4n) is 2.65. The lowest BCUT2D eigenvalue weighted by molar-refractivity contribution is -0.116. The van der Waals surface area contributed by atoms with E-state index in [1.165, 1.54) is 6.08 Å². The number of hydrogen-bond acceptors (Lipinski definition) is 4. The van der Waals surface area contributed by atoms with Crippen LogP contribution in [0.25, 0.3) is 6.08 Å². The molecule has 2 aromatic rings. The summed E-state index contributed by atoms with van der Waals surface area (Å²) in [5, 5.41) is 3.55. The third-order valence-corrected chi connectivity index (χ3v) is 4.14. The predicted octanol–water partition coefficient (Wildman–Crippen LogP) is 2.90. The van der Waals surface area contributed by atoms with Gasteiger partial charge in [-0.15, -0.1) is 0 Å².